The lowest BCUT2D eigenvalue weighted by Gasteiger charge is -2.68. The largest absolute Gasteiger partial charge is 0.393 e. The second-order valence-electron chi connectivity index (χ2n) is 13.1. The molecule has 9 atom stereocenters. The van der Waals surface area contributed by atoms with E-state index in [-0.39, 0.29) is 11.5 Å². The normalized spacial score (nSPS) is 59.3. The Morgan fingerprint density at radius 1 is 0.593 bits per heavy atom. The van der Waals surface area contributed by atoms with E-state index in [1.807, 2.05) is 0 Å². The molecule has 5 aliphatic rings. The third-order valence-corrected chi connectivity index (χ3v) is 12.0. The van der Waals surface area contributed by atoms with E-state index in [9.17, 15) is 5.11 Å². The number of aliphatic hydroxyl groups excluding tert-OH is 1. The Kier molecular flexibility index (Phi) is 4.05. The smallest absolute Gasteiger partial charge is 0.0594 e. The van der Waals surface area contributed by atoms with Crippen LogP contribution in [0.5, 0.6) is 0 Å². The molecule has 0 aromatic rings. The highest BCUT2D eigenvalue weighted by molar-refractivity contribution is 5.14. The molecule has 0 aromatic carbocycles. The third-order valence-electron chi connectivity index (χ3n) is 12.0. The number of aliphatic hydroxyl groups is 1. The molecule has 0 amide bonds. The van der Waals surface area contributed by atoms with Gasteiger partial charge in [0.05, 0.1) is 6.10 Å². The molecule has 5 aliphatic carbocycles. The minimum atomic E-state index is -0.0899. The molecule has 0 aromatic heterocycles. The topological polar surface area (TPSA) is 20.2 Å². The van der Waals surface area contributed by atoms with E-state index in [0.717, 1.165) is 36.0 Å². The van der Waals surface area contributed by atoms with Crippen LogP contribution in [0, 0.1) is 51.2 Å². The quantitative estimate of drug-likeness (QED) is 0.494. The summed E-state index contributed by atoms with van der Waals surface area (Å²) in [6, 6.07) is 0. The molecule has 1 N–H and O–H groups in total. The monoisotopic (exact) mass is 372 g/mol. The van der Waals surface area contributed by atoms with Crippen molar-refractivity contribution in [1.29, 1.82) is 0 Å². The van der Waals surface area contributed by atoms with Crippen LogP contribution in [0.3, 0.4) is 0 Å². The standard InChI is InChI=1S/C26H44O/c1-23(2)21-11-10-19-20(26(21,5)14-12-22(23)27)9-8-18-17-7-6-13-24(17,3)15-16-25(18,19)4/h17-22,27H,6-16H2,1-5H3/t17?,18?,19?,20?,21?,22?,24?,25-,26?/m1/s1. The molecule has 5 fully saturated rings. The van der Waals surface area contributed by atoms with E-state index in [2.05, 4.69) is 34.6 Å². The highest BCUT2D eigenvalue weighted by Gasteiger charge is 2.65. The summed E-state index contributed by atoms with van der Waals surface area (Å²) in [6.45, 7) is 12.8. The molecule has 8 unspecified atom stereocenters. The van der Waals surface area contributed by atoms with Gasteiger partial charge in [0.25, 0.3) is 0 Å². The van der Waals surface area contributed by atoms with Crippen molar-refractivity contribution in [2.75, 3.05) is 0 Å². The van der Waals surface area contributed by atoms with Gasteiger partial charge >= 0.3 is 0 Å². The maximum absolute atomic E-state index is 10.8. The molecule has 5 saturated carbocycles. The third kappa shape index (κ3) is 2.33. The van der Waals surface area contributed by atoms with Gasteiger partial charge in [-0.1, -0.05) is 41.0 Å². The fraction of sp³-hybridized carbons (Fsp3) is 1.00. The molecule has 154 valence electrons. The van der Waals surface area contributed by atoms with Gasteiger partial charge in [-0.2, -0.15) is 0 Å². The molecule has 0 radical (unpaired) electrons. The summed E-state index contributed by atoms with van der Waals surface area (Å²) in [5, 5.41) is 10.8. The summed E-state index contributed by atoms with van der Waals surface area (Å²) in [4.78, 5) is 0. The first-order valence-corrected chi connectivity index (χ1v) is 12.3. The first kappa shape index (κ1) is 19.0. The van der Waals surface area contributed by atoms with E-state index < -0.39 is 0 Å². The van der Waals surface area contributed by atoms with Crippen molar-refractivity contribution in [3.05, 3.63) is 0 Å². The molecule has 1 nitrogen and oxygen atoms in total. The van der Waals surface area contributed by atoms with E-state index in [1.165, 1.54) is 64.2 Å². The molecule has 1 heteroatoms. The Bertz CT molecular complexity index is 609. The van der Waals surface area contributed by atoms with Gasteiger partial charge in [0, 0.05) is 0 Å². The first-order valence-electron chi connectivity index (χ1n) is 12.3. The molecule has 0 spiro atoms. The predicted octanol–water partition coefficient (Wildman–Crippen LogP) is 6.83. The van der Waals surface area contributed by atoms with Gasteiger partial charge in [-0.25, -0.2) is 0 Å². The van der Waals surface area contributed by atoms with Crippen molar-refractivity contribution >= 4 is 0 Å². The second kappa shape index (κ2) is 5.77. The van der Waals surface area contributed by atoms with Crippen molar-refractivity contribution in [3.8, 4) is 0 Å². The highest BCUT2D eigenvalue weighted by Crippen LogP contribution is 2.72. The molecule has 0 bridgehead atoms. The van der Waals surface area contributed by atoms with Crippen LogP contribution in [-0.2, 0) is 0 Å². The van der Waals surface area contributed by atoms with Crippen LogP contribution >= 0.6 is 0 Å². The Balaban J connectivity index is 1.48. The zero-order valence-electron chi connectivity index (χ0n) is 18.7. The first-order chi connectivity index (χ1) is 12.6. The van der Waals surface area contributed by atoms with Crippen LogP contribution in [-0.4, -0.2) is 11.2 Å². The van der Waals surface area contributed by atoms with Crippen LogP contribution < -0.4 is 0 Å². The maximum Gasteiger partial charge on any atom is 0.0594 e. The van der Waals surface area contributed by atoms with Crippen molar-refractivity contribution < 1.29 is 5.11 Å². The molecule has 0 aliphatic heterocycles. The average Bonchev–Trinajstić information content (AvgIpc) is 3.00. The van der Waals surface area contributed by atoms with Crippen molar-refractivity contribution in [3.63, 3.8) is 0 Å². The van der Waals surface area contributed by atoms with E-state index in [1.54, 1.807) is 0 Å². The van der Waals surface area contributed by atoms with E-state index in [4.69, 9.17) is 0 Å². The zero-order chi connectivity index (χ0) is 19.2. The van der Waals surface area contributed by atoms with Crippen LogP contribution in [0.2, 0.25) is 0 Å². The number of fused-ring (bicyclic) bond motifs is 7. The van der Waals surface area contributed by atoms with Gasteiger partial charge in [-0.05, 0) is 115 Å². The van der Waals surface area contributed by atoms with E-state index in [0.29, 0.717) is 16.2 Å². The van der Waals surface area contributed by atoms with Gasteiger partial charge in [0.2, 0.25) is 0 Å². The van der Waals surface area contributed by atoms with Gasteiger partial charge in [-0.15, -0.1) is 0 Å². The molecule has 0 saturated heterocycles. The van der Waals surface area contributed by atoms with Gasteiger partial charge < -0.3 is 5.11 Å². The zero-order valence-corrected chi connectivity index (χ0v) is 18.7. The molecule has 27 heavy (non-hydrogen) atoms. The summed E-state index contributed by atoms with van der Waals surface area (Å²) in [5.41, 5.74) is 1.85. The van der Waals surface area contributed by atoms with Crippen LogP contribution in [0.4, 0.5) is 0 Å². The van der Waals surface area contributed by atoms with Crippen LogP contribution in [0.15, 0.2) is 0 Å². The fourth-order valence-corrected chi connectivity index (χ4v) is 10.4. The van der Waals surface area contributed by atoms with Gasteiger partial charge in [0.1, 0.15) is 0 Å². The Morgan fingerprint density at radius 3 is 1.96 bits per heavy atom. The molecule has 0 heterocycles. The Hall–Kier alpha value is -0.0400. The number of hydrogen-bond acceptors (Lipinski definition) is 1. The second-order valence-corrected chi connectivity index (χ2v) is 13.1. The molecular weight excluding hydrogens is 328 g/mol. The summed E-state index contributed by atoms with van der Waals surface area (Å²) < 4.78 is 0. The van der Waals surface area contributed by atoms with Gasteiger partial charge in [-0.3, -0.25) is 0 Å². The maximum atomic E-state index is 10.8. The van der Waals surface area contributed by atoms with Crippen LogP contribution in [0.25, 0.3) is 0 Å². The van der Waals surface area contributed by atoms with Crippen molar-refractivity contribution in [2.45, 2.75) is 111 Å². The minimum absolute atomic E-state index is 0.0899. The lowest BCUT2D eigenvalue weighted by molar-refractivity contribution is -0.204. The average molecular weight is 373 g/mol. The lowest BCUT2D eigenvalue weighted by atomic mass is 9.37. The molecular formula is C26H44O. The molecule has 5 rings (SSSR count). The van der Waals surface area contributed by atoms with Crippen molar-refractivity contribution in [1.82, 2.24) is 0 Å². The Labute approximate surface area is 168 Å². The summed E-state index contributed by atoms with van der Waals surface area (Å²) in [6.07, 6.45) is 15.5. The SMILES string of the molecule is CC12CCCC1C1CCC3C(CCC4C(C)(C)C(O)CCC34C)[C@]1(C)CC2. The Morgan fingerprint density at radius 2 is 1.22 bits per heavy atom. The van der Waals surface area contributed by atoms with Crippen molar-refractivity contribution in [2.24, 2.45) is 51.2 Å². The number of rotatable bonds is 0. The summed E-state index contributed by atoms with van der Waals surface area (Å²) >= 11 is 0. The highest BCUT2D eigenvalue weighted by atomic mass is 16.3. The lowest BCUT2D eigenvalue weighted by Crippen LogP contribution is -2.62. The van der Waals surface area contributed by atoms with E-state index >= 15 is 0 Å². The predicted molar refractivity (Wildman–Crippen MR) is 112 cm³/mol. The fourth-order valence-electron chi connectivity index (χ4n) is 10.4. The van der Waals surface area contributed by atoms with Crippen LogP contribution in [0.1, 0.15) is 105 Å². The summed E-state index contributed by atoms with van der Waals surface area (Å²) in [7, 11) is 0. The summed E-state index contributed by atoms with van der Waals surface area (Å²) in [5.74, 6) is 4.61. The van der Waals surface area contributed by atoms with Gasteiger partial charge in [0.15, 0.2) is 0 Å². The number of hydrogen-bond donors (Lipinski definition) is 1. The minimum Gasteiger partial charge on any atom is -0.393 e.